The average Bonchev–Trinajstić information content (AvgIpc) is 3.03. The van der Waals surface area contributed by atoms with Crippen LogP contribution in [0.2, 0.25) is 0 Å². The highest BCUT2D eigenvalue weighted by Gasteiger charge is 2.14. The smallest absolute Gasteiger partial charge is 0.153 e. The van der Waals surface area contributed by atoms with Gasteiger partial charge < -0.3 is 14.2 Å². The molecule has 3 aromatic rings. The van der Waals surface area contributed by atoms with Gasteiger partial charge in [-0.25, -0.2) is 4.98 Å². The van der Waals surface area contributed by atoms with Crippen LogP contribution < -0.4 is 0 Å². The minimum atomic E-state index is -0.0877. The maximum atomic E-state index is 9.55. The van der Waals surface area contributed by atoms with E-state index in [1.54, 1.807) is 0 Å². The molecule has 0 saturated heterocycles. The first-order chi connectivity index (χ1) is 10.2. The van der Waals surface area contributed by atoms with Crippen molar-refractivity contribution in [1.29, 1.82) is 0 Å². The summed E-state index contributed by atoms with van der Waals surface area (Å²) in [5.74, 6) is 2.47. The van der Waals surface area contributed by atoms with Gasteiger partial charge in [0.05, 0.1) is 17.6 Å². The molecule has 2 heterocycles. The summed E-state index contributed by atoms with van der Waals surface area (Å²) >= 11 is 0. The second kappa shape index (κ2) is 5.65. The maximum Gasteiger partial charge on any atom is 0.153 e. The van der Waals surface area contributed by atoms with Crippen molar-refractivity contribution in [3.05, 3.63) is 41.7 Å². The second-order valence-electron chi connectivity index (χ2n) is 5.08. The monoisotopic (exact) mass is 285 g/mol. The molecule has 0 aliphatic carbocycles. The second-order valence-corrected chi connectivity index (χ2v) is 5.08. The summed E-state index contributed by atoms with van der Waals surface area (Å²) in [6, 6.07) is 7.89. The van der Waals surface area contributed by atoms with Gasteiger partial charge >= 0.3 is 0 Å². The van der Waals surface area contributed by atoms with E-state index in [4.69, 9.17) is 0 Å². The number of aryl methyl sites for hydroxylation is 1. The van der Waals surface area contributed by atoms with Crippen LogP contribution in [0.25, 0.3) is 11.0 Å². The SMILES string of the molecule is CCCn1c(C)nnc1Cn1c(CO)nc2ccccc21. The molecule has 0 amide bonds. The predicted octanol–water partition coefficient (Wildman–Crippen LogP) is 1.89. The van der Waals surface area contributed by atoms with Crippen molar-refractivity contribution in [3.8, 4) is 0 Å². The summed E-state index contributed by atoms with van der Waals surface area (Å²) in [6.45, 7) is 5.47. The zero-order valence-corrected chi connectivity index (χ0v) is 12.3. The zero-order chi connectivity index (χ0) is 14.8. The number of aliphatic hydroxyl groups excluding tert-OH is 1. The Hall–Kier alpha value is -2.21. The van der Waals surface area contributed by atoms with Crippen LogP contribution in [0.3, 0.4) is 0 Å². The summed E-state index contributed by atoms with van der Waals surface area (Å²) < 4.78 is 4.13. The Balaban J connectivity index is 2.05. The molecule has 6 heteroatoms. The largest absolute Gasteiger partial charge is 0.388 e. The molecule has 0 radical (unpaired) electrons. The molecule has 2 aromatic heterocycles. The molecule has 0 atom stereocenters. The lowest BCUT2D eigenvalue weighted by Gasteiger charge is -2.10. The fourth-order valence-electron chi connectivity index (χ4n) is 2.62. The van der Waals surface area contributed by atoms with E-state index in [1.165, 1.54) is 0 Å². The van der Waals surface area contributed by atoms with Crippen molar-refractivity contribution >= 4 is 11.0 Å². The van der Waals surface area contributed by atoms with Crippen LogP contribution in [0.5, 0.6) is 0 Å². The van der Waals surface area contributed by atoms with E-state index in [9.17, 15) is 5.11 Å². The van der Waals surface area contributed by atoms with Gasteiger partial charge in [-0.1, -0.05) is 19.1 Å². The van der Waals surface area contributed by atoms with Crippen molar-refractivity contribution in [2.24, 2.45) is 0 Å². The topological polar surface area (TPSA) is 68.8 Å². The van der Waals surface area contributed by atoms with Crippen LogP contribution in [0.1, 0.15) is 30.8 Å². The van der Waals surface area contributed by atoms with Crippen molar-refractivity contribution in [3.63, 3.8) is 0 Å². The van der Waals surface area contributed by atoms with E-state index in [0.29, 0.717) is 12.4 Å². The highest BCUT2D eigenvalue weighted by molar-refractivity contribution is 5.75. The Kier molecular flexibility index (Phi) is 3.70. The molecule has 1 N–H and O–H groups in total. The number of rotatable bonds is 5. The number of fused-ring (bicyclic) bond motifs is 1. The molecule has 0 bridgehead atoms. The van der Waals surface area contributed by atoms with Gasteiger partial charge in [0.15, 0.2) is 5.82 Å². The summed E-state index contributed by atoms with van der Waals surface area (Å²) in [4.78, 5) is 4.47. The molecule has 0 fully saturated rings. The number of benzene rings is 1. The van der Waals surface area contributed by atoms with Gasteiger partial charge in [0.25, 0.3) is 0 Å². The number of aliphatic hydroxyl groups is 1. The molecule has 3 rings (SSSR count). The average molecular weight is 285 g/mol. The van der Waals surface area contributed by atoms with Crippen LogP contribution in [0.4, 0.5) is 0 Å². The van der Waals surface area contributed by atoms with Gasteiger partial charge in [-0.05, 0) is 25.5 Å². The van der Waals surface area contributed by atoms with E-state index in [-0.39, 0.29) is 6.61 Å². The lowest BCUT2D eigenvalue weighted by Crippen LogP contribution is -2.12. The summed E-state index contributed by atoms with van der Waals surface area (Å²) in [5, 5.41) is 18.0. The predicted molar refractivity (Wildman–Crippen MR) is 79.8 cm³/mol. The van der Waals surface area contributed by atoms with Gasteiger partial charge in [0.1, 0.15) is 18.3 Å². The molecule has 1 aromatic carbocycles. The molecule has 0 spiro atoms. The van der Waals surface area contributed by atoms with Crippen molar-refractivity contribution in [2.75, 3.05) is 0 Å². The molecule has 21 heavy (non-hydrogen) atoms. The van der Waals surface area contributed by atoms with E-state index in [0.717, 1.165) is 35.6 Å². The summed E-state index contributed by atoms with van der Waals surface area (Å²) in [5.41, 5.74) is 1.89. The maximum absolute atomic E-state index is 9.55. The molecule has 0 saturated carbocycles. The standard InChI is InChI=1S/C15H19N5O/c1-3-8-19-11(2)17-18-14(19)9-20-13-7-5-4-6-12(13)16-15(20)10-21/h4-7,21H,3,8-10H2,1-2H3. The normalized spacial score (nSPS) is 11.4. The van der Waals surface area contributed by atoms with Crippen molar-refractivity contribution in [1.82, 2.24) is 24.3 Å². The third-order valence-corrected chi connectivity index (χ3v) is 3.63. The molecule has 0 aliphatic rings. The van der Waals surface area contributed by atoms with Crippen LogP contribution in [0, 0.1) is 6.92 Å². The zero-order valence-electron chi connectivity index (χ0n) is 12.3. The third-order valence-electron chi connectivity index (χ3n) is 3.63. The highest BCUT2D eigenvalue weighted by Crippen LogP contribution is 2.18. The van der Waals surface area contributed by atoms with Gasteiger partial charge in [-0.3, -0.25) is 0 Å². The minimum Gasteiger partial charge on any atom is -0.388 e. The van der Waals surface area contributed by atoms with Crippen molar-refractivity contribution < 1.29 is 5.11 Å². The van der Waals surface area contributed by atoms with Crippen LogP contribution >= 0.6 is 0 Å². The number of hydrogen-bond acceptors (Lipinski definition) is 4. The Morgan fingerprint density at radius 3 is 2.67 bits per heavy atom. The molecular formula is C15H19N5O. The van der Waals surface area contributed by atoms with Gasteiger partial charge in [-0.15, -0.1) is 10.2 Å². The van der Waals surface area contributed by atoms with Crippen LogP contribution in [-0.4, -0.2) is 29.4 Å². The fraction of sp³-hybridized carbons (Fsp3) is 0.400. The molecule has 0 aliphatic heterocycles. The first-order valence-corrected chi connectivity index (χ1v) is 7.18. The molecule has 0 unspecified atom stereocenters. The molecular weight excluding hydrogens is 266 g/mol. The van der Waals surface area contributed by atoms with Gasteiger partial charge in [0.2, 0.25) is 0 Å². The Labute approximate surface area is 123 Å². The Bertz CT molecular complexity index is 759. The third kappa shape index (κ3) is 2.42. The first-order valence-electron chi connectivity index (χ1n) is 7.18. The Morgan fingerprint density at radius 2 is 1.90 bits per heavy atom. The number of nitrogens with zero attached hydrogens (tertiary/aromatic N) is 5. The van der Waals surface area contributed by atoms with E-state index >= 15 is 0 Å². The molecule has 110 valence electrons. The summed E-state index contributed by atoms with van der Waals surface area (Å²) in [6.07, 6.45) is 1.03. The number of hydrogen-bond donors (Lipinski definition) is 1. The van der Waals surface area contributed by atoms with Crippen molar-refractivity contribution in [2.45, 2.75) is 40.0 Å². The highest BCUT2D eigenvalue weighted by atomic mass is 16.3. The number of para-hydroxylation sites is 2. The fourth-order valence-corrected chi connectivity index (χ4v) is 2.62. The quantitative estimate of drug-likeness (QED) is 0.777. The summed E-state index contributed by atoms with van der Waals surface area (Å²) in [7, 11) is 0. The minimum absolute atomic E-state index is 0.0877. The lowest BCUT2D eigenvalue weighted by molar-refractivity contribution is 0.266. The van der Waals surface area contributed by atoms with Gasteiger partial charge in [0, 0.05) is 6.54 Å². The Morgan fingerprint density at radius 1 is 1.10 bits per heavy atom. The van der Waals surface area contributed by atoms with E-state index in [2.05, 4.69) is 26.7 Å². The first kappa shape index (κ1) is 13.8. The number of aromatic nitrogens is 5. The van der Waals surface area contributed by atoms with Crippen LogP contribution in [-0.2, 0) is 19.7 Å². The van der Waals surface area contributed by atoms with Gasteiger partial charge in [-0.2, -0.15) is 0 Å². The molecule has 6 nitrogen and oxygen atoms in total. The van der Waals surface area contributed by atoms with Crippen LogP contribution in [0.15, 0.2) is 24.3 Å². The van der Waals surface area contributed by atoms with E-state index < -0.39 is 0 Å². The lowest BCUT2D eigenvalue weighted by atomic mass is 10.3. The van der Waals surface area contributed by atoms with E-state index in [1.807, 2.05) is 35.8 Å². The number of imidazole rings is 1.